The lowest BCUT2D eigenvalue weighted by Gasteiger charge is -2.33. The smallest absolute Gasteiger partial charge is 0.407 e. The van der Waals surface area contributed by atoms with Crippen molar-refractivity contribution in [3.8, 4) is 0 Å². The van der Waals surface area contributed by atoms with E-state index >= 15 is 0 Å². The van der Waals surface area contributed by atoms with Crippen molar-refractivity contribution in [2.45, 2.75) is 64.7 Å². The van der Waals surface area contributed by atoms with Crippen LogP contribution in [0.25, 0.3) is 10.9 Å². The fourth-order valence-electron chi connectivity index (χ4n) is 4.89. The number of carbonyl (C=O) groups is 2. The monoisotopic (exact) mass is 484 g/mol. The van der Waals surface area contributed by atoms with Gasteiger partial charge >= 0.3 is 6.09 Å². The number of hydrogen-bond acceptors (Lipinski definition) is 5. The summed E-state index contributed by atoms with van der Waals surface area (Å²) in [6.07, 6.45) is 5.49. The molecule has 1 saturated carbocycles. The summed E-state index contributed by atoms with van der Waals surface area (Å²) in [6, 6.07) is 8.62. The lowest BCUT2D eigenvalue weighted by Crippen LogP contribution is -2.53. The third-order valence-electron chi connectivity index (χ3n) is 6.80. The van der Waals surface area contributed by atoms with Crippen molar-refractivity contribution in [1.29, 1.82) is 0 Å². The van der Waals surface area contributed by atoms with Gasteiger partial charge in [-0.2, -0.15) is 0 Å². The Bertz CT molecular complexity index is 1000. The molecule has 8 nitrogen and oxygen atoms in total. The average Bonchev–Trinajstić information content (AvgIpc) is 3.64. The molecule has 35 heavy (non-hydrogen) atoms. The molecule has 1 aromatic carbocycles. The number of hydrogen-bond donors (Lipinski definition) is 2. The van der Waals surface area contributed by atoms with E-state index in [1.165, 1.54) is 16.5 Å². The van der Waals surface area contributed by atoms with E-state index in [0.717, 1.165) is 32.4 Å². The third-order valence-corrected chi connectivity index (χ3v) is 6.80. The Kier molecular flexibility index (Phi) is 8.68. The van der Waals surface area contributed by atoms with Gasteiger partial charge in [-0.1, -0.05) is 32.0 Å². The van der Waals surface area contributed by atoms with Crippen molar-refractivity contribution >= 4 is 22.9 Å². The van der Waals surface area contributed by atoms with Gasteiger partial charge in [-0.05, 0) is 43.2 Å². The lowest BCUT2D eigenvalue weighted by molar-refractivity contribution is -0.137. The Morgan fingerprint density at radius 1 is 1.23 bits per heavy atom. The number of rotatable bonds is 11. The molecule has 2 unspecified atom stereocenters. The number of amides is 2. The Balaban J connectivity index is 1.43. The molecule has 2 amide bonds. The van der Waals surface area contributed by atoms with E-state index in [-0.39, 0.29) is 23.8 Å². The van der Waals surface area contributed by atoms with Gasteiger partial charge in [-0.3, -0.25) is 4.79 Å². The second-order valence-electron chi connectivity index (χ2n) is 10.3. The molecular weight excluding hydrogens is 444 g/mol. The van der Waals surface area contributed by atoms with Crippen LogP contribution in [0.4, 0.5) is 4.79 Å². The van der Waals surface area contributed by atoms with Crippen molar-refractivity contribution in [2.75, 3.05) is 33.4 Å². The van der Waals surface area contributed by atoms with E-state index in [2.05, 4.69) is 50.6 Å². The predicted octanol–water partition coefficient (Wildman–Crippen LogP) is 3.53. The molecule has 1 saturated heterocycles. The highest BCUT2D eigenvalue weighted by Crippen LogP contribution is 2.33. The van der Waals surface area contributed by atoms with Crippen LogP contribution in [0.5, 0.6) is 0 Å². The minimum absolute atomic E-state index is 0.110. The molecule has 2 heterocycles. The van der Waals surface area contributed by atoms with Crippen LogP contribution in [0.1, 0.15) is 45.1 Å². The molecule has 0 radical (unpaired) electrons. The standard InChI is InChI=1S/C27H40N4O4/c1-19(2)18-35-27(33)29-22-13-20(14-28-15-22)26(32)31(23-9-10-23)17-21-16-30(11-6-12-34-3)25-8-5-4-7-24(21)25/h4-5,7-8,16,19-20,22-23,28H,6,9-15,17-18H2,1-3H3,(H,29,33). The van der Waals surface area contributed by atoms with Gasteiger partial charge in [0.2, 0.25) is 5.91 Å². The molecule has 2 aliphatic rings. The number of ether oxygens (including phenoxy) is 2. The van der Waals surface area contributed by atoms with Crippen LogP contribution in [-0.2, 0) is 27.4 Å². The van der Waals surface area contributed by atoms with Crippen molar-refractivity contribution in [3.63, 3.8) is 0 Å². The first-order valence-corrected chi connectivity index (χ1v) is 13.0. The average molecular weight is 485 g/mol. The zero-order valence-corrected chi connectivity index (χ0v) is 21.3. The SMILES string of the molecule is COCCCn1cc(CN(C(=O)C2CNCC(NC(=O)OCC(C)C)C2)C2CC2)c2ccccc21. The Morgan fingerprint density at radius 2 is 2.03 bits per heavy atom. The number of methoxy groups -OCH3 is 1. The number of nitrogens with zero attached hydrogens (tertiary/aromatic N) is 2. The van der Waals surface area contributed by atoms with E-state index < -0.39 is 6.09 Å². The van der Waals surface area contributed by atoms with Gasteiger partial charge < -0.3 is 29.6 Å². The first-order chi connectivity index (χ1) is 17.0. The second kappa shape index (κ2) is 11.9. The normalized spacial score (nSPS) is 20.2. The third kappa shape index (κ3) is 6.76. The van der Waals surface area contributed by atoms with Gasteiger partial charge in [0.25, 0.3) is 0 Å². The molecule has 2 N–H and O–H groups in total. The molecule has 1 aromatic heterocycles. The highest BCUT2D eigenvalue weighted by atomic mass is 16.5. The summed E-state index contributed by atoms with van der Waals surface area (Å²) >= 11 is 0. The van der Waals surface area contributed by atoms with E-state index in [0.29, 0.717) is 38.7 Å². The summed E-state index contributed by atoms with van der Waals surface area (Å²) in [5, 5.41) is 7.49. The van der Waals surface area contributed by atoms with Crippen LogP contribution < -0.4 is 10.6 Å². The van der Waals surface area contributed by atoms with Crippen LogP contribution in [0.3, 0.4) is 0 Å². The van der Waals surface area contributed by atoms with Crippen molar-refractivity contribution in [2.24, 2.45) is 11.8 Å². The number of aromatic nitrogens is 1. The maximum absolute atomic E-state index is 13.7. The van der Waals surface area contributed by atoms with Crippen molar-refractivity contribution < 1.29 is 19.1 Å². The Morgan fingerprint density at radius 3 is 2.77 bits per heavy atom. The second-order valence-corrected chi connectivity index (χ2v) is 10.3. The number of para-hydroxylation sites is 1. The van der Waals surface area contributed by atoms with E-state index in [9.17, 15) is 9.59 Å². The summed E-state index contributed by atoms with van der Waals surface area (Å²) in [4.78, 5) is 27.9. The van der Waals surface area contributed by atoms with E-state index in [1.807, 2.05) is 13.8 Å². The summed E-state index contributed by atoms with van der Waals surface area (Å²) in [6.45, 7) is 7.93. The van der Waals surface area contributed by atoms with Crippen molar-refractivity contribution in [1.82, 2.24) is 20.1 Å². The van der Waals surface area contributed by atoms with Gasteiger partial charge in [-0.25, -0.2) is 4.79 Å². The molecule has 192 valence electrons. The molecule has 0 spiro atoms. The molecule has 4 rings (SSSR count). The number of carbonyl (C=O) groups excluding carboxylic acids is 2. The maximum Gasteiger partial charge on any atom is 0.407 e. The zero-order valence-electron chi connectivity index (χ0n) is 21.3. The number of piperidine rings is 1. The topological polar surface area (TPSA) is 84.8 Å². The molecule has 1 aliphatic carbocycles. The van der Waals surface area contributed by atoms with Gasteiger partial charge in [-0.15, -0.1) is 0 Å². The number of aryl methyl sites for hydroxylation is 1. The maximum atomic E-state index is 13.7. The number of alkyl carbamates (subject to hydrolysis) is 1. The van der Waals surface area contributed by atoms with Crippen LogP contribution in [-0.4, -0.2) is 67.0 Å². The Hall–Kier alpha value is -2.58. The number of fused-ring (bicyclic) bond motifs is 1. The highest BCUT2D eigenvalue weighted by molar-refractivity contribution is 5.85. The van der Waals surface area contributed by atoms with Crippen molar-refractivity contribution in [3.05, 3.63) is 36.0 Å². The minimum atomic E-state index is -0.404. The molecule has 1 aliphatic heterocycles. The highest BCUT2D eigenvalue weighted by Gasteiger charge is 2.38. The molecule has 2 aromatic rings. The van der Waals surface area contributed by atoms with Crippen LogP contribution >= 0.6 is 0 Å². The quantitative estimate of drug-likeness (QED) is 0.477. The van der Waals surface area contributed by atoms with Crippen LogP contribution in [0.2, 0.25) is 0 Å². The summed E-state index contributed by atoms with van der Waals surface area (Å²) in [5.74, 6) is 0.311. The summed E-state index contributed by atoms with van der Waals surface area (Å²) < 4.78 is 12.8. The first kappa shape index (κ1) is 25.5. The van der Waals surface area contributed by atoms with E-state index in [1.54, 1.807) is 7.11 Å². The van der Waals surface area contributed by atoms with Gasteiger partial charge in [0, 0.05) is 69.1 Å². The van der Waals surface area contributed by atoms with Gasteiger partial charge in [0.1, 0.15) is 0 Å². The molecular formula is C27H40N4O4. The Labute approximate surface area is 208 Å². The van der Waals surface area contributed by atoms with Crippen LogP contribution in [0.15, 0.2) is 30.5 Å². The first-order valence-electron chi connectivity index (χ1n) is 13.0. The number of nitrogens with one attached hydrogen (secondary N) is 2. The predicted molar refractivity (Wildman–Crippen MR) is 136 cm³/mol. The largest absolute Gasteiger partial charge is 0.449 e. The molecule has 0 bridgehead atoms. The summed E-state index contributed by atoms with van der Waals surface area (Å²) in [5.41, 5.74) is 2.39. The number of benzene rings is 1. The molecule has 2 atom stereocenters. The van der Waals surface area contributed by atoms with Gasteiger partial charge in [0.15, 0.2) is 0 Å². The van der Waals surface area contributed by atoms with Gasteiger partial charge in [0.05, 0.1) is 12.5 Å². The van der Waals surface area contributed by atoms with Crippen LogP contribution in [0, 0.1) is 11.8 Å². The lowest BCUT2D eigenvalue weighted by atomic mass is 9.94. The molecule has 2 fully saturated rings. The zero-order chi connectivity index (χ0) is 24.8. The fourth-order valence-corrected chi connectivity index (χ4v) is 4.89. The minimum Gasteiger partial charge on any atom is -0.449 e. The summed E-state index contributed by atoms with van der Waals surface area (Å²) in [7, 11) is 1.73. The fraction of sp³-hybridized carbons (Fsp3) is 0.630. The molecule has 8 heteroatoms. The van der Waals surface area contributed by atoms with E-state index in [4.69, 9.17) is 9.47 Å².